The van der Waals surface area contributed by atoms with Gasteiger partial charge < -0.3 is 20.1 Å². The van der Waals surface area contributed by atoms with Crippen molar-refractivity contribution in [2.45, 2.75) is 38.3 Å². The molecule has 5 nitrogen and oxygen atoms in total. The third-order valence-corrected chi connectivity index (χ3v) is 3.57. The SMILES string of the molecule is CC1CCCC(C(=O)Nc2ccc3c(c2)OCO3)N1. The van der Waals surface area contributed by atoms with Crippen LogP contribution in [0.1, 0.15) is 26.2 Å². The van der Waals surface area contributed by atoms with E-state index in [9.17, 15) is 4.79 Å². The first-order valence-electron chi connectivity index (χ1n) is 6.69. The summed E-state index contributed by atoms with van der Waals surface area (Å²) in [5.41, 5.74) is 0.745. The van der Waals surface area contributed by atoms with Crippen LogP contribution in [0.5, 0.6) is 11.5 Å². The van der Waals surface area contributed by atoms with Crippen LogP contribution in [0.4, 0.5) is 5.69 Å². The second-order valence-corrected chi connectivity index (χ2v) is 5.11. The Morgan fingerprint density at radius 1 is 1.32 bits per heavy atom. The number of hydrogen-bond acceptors (Lipinski definition) is 4. The minimum absolute atomic E-state index is 0.0189. The average Bonchev–Trinajstić information content (AvgIpc) is 2.86. The minimum atomic E-state index is -0.103. The zero-order valence-electron chi connectivity index (χ0n) is 10.9. The van der Waals surface area contributed by atoms with Crippen LogP contribution in [-0.4, -0.2) is 24.8 Å². The highest BCUT2D eigenvalue weighted by molar-refractivity contribution is 5.95. The van der Waals surface area contributed by atoms with Gasteiger partial charge in [-0.15, -0.1) is 0 Å². The molecule has 2 atom stereocenters. The first-order chi connectivity index (χ1) is 9.22. The summed E-state index contributed by atoms with van der Waals surface area (Å²) >= 11 is 0. The van der Waals surface area contributed by atoms with Crippen molar-refractivity contribution in [3.63, 3.8) is 0 Å². The van der Waals surface area contributed by atoms with Crippen LogP contribution in [0.25, 0.3) is 0 Å². The molecular formula is C14H18N2O3. The number of carbonyl (C=O) groups excluding carboxylic acids is 1. The molecule has 2 aliphatic rings. The molecule has 0 aliphatic carbocycles. The number of carbonyl (C=O) groups is 1. The van der Waals surface area contributed by atoms with Gasteiger partial charge in [0.25, 0.3) is 0 Å². The number of amides is 1. The molecule has 1 aromatic carbocycles. The summed E-state index contributed by atoms with van der Waals surface area (Å²) in [6.07, 6.45) is 3.11. The number of piperidine rings is 1. The van der Waals surface area contributed by atoms with E-state index >= 15 is 0 Å². The van der Waals surface area contributed by atoms with Gasteiger partial charge in [0.15, 0.2) is 11.5 Å². The predicted molar refractivity (Wildman–Crippen MR) is 71.4 cm³/mol. The lowest BCUT2D eigenvalue weighted by atomic mass is 9.99. The van der Waals surface area contributed by atoms with Gasteiger partial charge in [-0.25, -0.2) is 0 Å². The molecule has 0 spiro atoms. The van der Waals surface area contributed by atoms with Crippen molar-refractivity contribution < 1.29 is 14.3 Å². The first kappa shape index (κ1) is 12.3. The molecule has 3 rings (SSSR count). The molecule has 0 bridgehead atoms. The van der Waals surface area contributed by atoms with Gasteiger partial charge in [0, 0.05) is 17.8 Å². The maximum absolute atomic E-state index is 12.2. The molecule has 0 radical (unpaired) electrons. The van der Waals surface area contributed by atoms with Crippen molar-refractivity contribution in [1.29, 1.82) is 0 Å². The lowest BCUT2D eigenvalue weighted by Crippen LogP contribution is -2.47. The number of hydrogen-bond donors (Lipinski definition) is 2. The van der Waals surface area contributed by atoms with Crippen molar-refractivity contribution in [2.24, 2.45) is 0 Å². The molecule has 2 heterocycles. The molecule has 0 saturated carbocycles. The number of rotatable bonds is 2. The Kier molecular flexibility index (Phi) is 3.29. The van der Waals surface area contributed by atoms with E-state index < -0.39 is 0 Å². The monoisotopic (exact) mass is 262 g/mol. The van der Waals surface area contributed by atoms with Gasteiger partial charge in [-0.3, -0.25) is 4.79 Å². The summed E-state index contributed by atoms with van der Waals surface area (Å²) in [5.74, 6) is 1.43. The molecule has 1 aromatic rings. The minimum Gasteiger partial charge on any atom is -0.454 e. The Bertz CT molecular complexity index is 490. The van der Waals surface area contributed by atoms with E-state index in [-0.39, 0.29) is 18.7 Å². The van der Waals surface area contributed by atoms with Crippen molar-refractivity contribution in [2.75, 3.05) is 12.1 Å². The van der Waals surface area contributed by atoms with Crippen molar-refractivity contribution >= 4 is 11.6 Å². The Morgan fingerprint density at radius 2 is 2.16 bits per heavy atom. The molecule has 102 valence electrons. The van der Waals surface area contributed by atoms with Crippen LogP contribution >= 0.6 is 0 Å². The predicted octanol–water partition coefficient (Wildman–Crippen LogP) is 1.88. The Morgan fingerprint density at radius 3 is 3.00 bits per heavy atom. The van der Waals surface area contributed by atoms with Crippen LogP contribution in [0.15, 0.2) is 18.2 Å². The Hall–Kier alpha value is -1.75. The maximum Gasteiger partial charge on any atom is 0.241 e. The van der Waals surface area contributed by atoms with E-state index in [1.807, 2.05) is 12.1 Å². The quantitative estimate of drug-likeness (QED) is 0.854. The van der Waals surface area contributed by atoms with Crippen molar-refractivity contribution in [1.82, 2.24) is 5.32 Å². The second kappa shape index (κ2) is 5.09. The molecule has 19 heavy (non-hydrogen) atoms. The molecule has 0 aromatic heterocycles. The highest BCUT2D eigenvalue weighted by atomic mass is 16.7. The summed E-state index contributed by atoms with van der Waals surface area (Å²) in [5, 5.41) is 6.25. The third kappa shape index (κ3) is 2.66. The fourth-order valence-corrected chi connectivity index (χ4v) is 2.55. The van der Waals surface area contributed by atoms with Crippen LogP contribution < -0.4 is 20.1 Å². The summed E-state index contributed by atoms with van der Waals surface area (Å²) in [4.78, 5) is 12.2. The number of ether oxygens (including phenoxy) is 2. The van der Waals surface area contributed by atoms with Crippen LogP contribution in [0.2, 0.25) is 0 Å². The fourth-order valence-electron chi connectivity index (χ4n) is 2.55. The third-order valence-electron chi connectivity index (χ3n) is 3.57. The van der Waals surface area contributed by atoms with Crippen LogP contribution in [0, 0.1) is 0 Å². The lowest BCUT2D eigenvalue weighted by Gasteiger charge is -2.27. The average molecular weight is 262 g/mol. The van der Waals surface area contributed by atoms with Gasteiger partial charge in [0.05, 0.1) is 6.04 Å². The number of fused-ring (bicyclic) bond motifs is 1. The van der Waals surface area contributed by atoms with Crippen LogP contribution in [-0.2, 0) is 4.79 Å². The molecule has 1 saturated heterocycles. The van der Waals surface area contributed by atoms with Gasteiger partial charge in [-0.05, 0) is 38.3 Å². The number of anilines is 1. The molecule has 1 amide bonds. The second-order valence-electron chi connectivity index (χ2n) is 5.11. The molecule has 2 N–H and O–H groups in total. The highest BCUT2D eigenvalue weighted by Crippen LogP contribution is 2.34. The smallest absolute Gasteiger partial charge is 0.241 e. The van der Waals surface area contributed by atoms with Crippen molar-refractivity contribution in [3.8, 4) is 11.5 Å². The molecule has 2 unspecified atom stereocenters. The molecule has 5 heteroatoms. The van der Waals surface area contributed by atoms with Crippen LogP contribution in [0.3, 0.4) is 0 Å². The molecular weight excluding hydrogens is 244 g/mol. The normalized spacial score (nSPS) is 25.1. The van der Waals surface area contributed by atoms with Gasteiger partial charge in [0.2, 0.25) is 12.7 Å². The standard InChI is InChI=1S/C14H18N2O3/c1-9-3-2-4-11(15-9)14(17)16-10-5-6-12-13(7-10)19-8-18-12/h5-7,9,11,15H,2-4,8H2,1H3,(H,16,17). The number of benzene rings is 1. The van der Waals surface area contributed by atoms with Gasteiger partial charge in [-0.1, -0.05) is 0 Å². The first-order valence-corrected chi connectivity index (χ1v) is 6.69. The van der Waals surface area contributed by atoms with Crippen molar-refractivity contribution in [3.05, 3.63) is 18.2 Å². The van der Waals surface area contributed by atoms with E-state index in [4.69, 9.17) is 9.47 Å². The maximum atomic E-state index is 12.2. The molecule has 2 aliphatic heterocycles. The Balaban J connectivity index is 1.66. The summed E-state index contributed by atoms with van der Waals surface area (Å²) < 4.78 is 10.5. The van der Waals surface area contributed by atoms with Gasteiger partial charge in [-0.2, -0.15) is 0 Å². The largest absolute Gasteiger partial charge is 0.454 e. The number of nitrogens with one attached hydrogen (secondary N) is 2. The highest BCUT2D eigenvalue weighted by Gasteiger charge is 2.24. The van der Waals surface area contributed by atoms with Gasteiger partial charge >= 0.3 is 0 Å². The van der Waals surface area contributed by atoms with E-state index in [0.717, 1.165) is 30.7 Å². The zero-order chi connectivity index (χ0) is 13.2. The Labute approximate surface area is 112 Å². The van der Waals surface area contributed by atoms with Gasteiger partial charge in [0.1, 0.15) is 0 Å². The van der Waals surface area contributed by atoms with E-state index in [0.29, 0.717) is 11.8 Å². The van der Waals surface area contributed by atoms with E-state index in [1.165, 1.54) is 0 Å². The fraction of sp³-hybridized carbons (Fsp3) is 0.500. The van der Waals surface area contributed by atoms with E-state index in [2.05, 4.69) is 17.6 Å². The molecule has 1 fully saturated rings. The van der Waals surface area contributed by atoms with E-state index in [1.54, 1.807) is 6.07 Å². The summed E-state index contributed by atoms with van der Waals surface area (Å²) in [6.45, 7) is 2.36. The summed E-state index contributed by atoms with van der Waals surface area (Å²) in [6, 6.07) is 5.74. The topological polar surface area (TPSA) is 59.6 Å². The zero-order valence-corrected chi connectivity index (χ0v) is 10.9. The lowest BCUT2D eigenvalue weighted by molar-refractivity contribution is -0.118. The summed E-state index contributed by atoms with van der Waals surface area (Å²) in [7, 11) is 0.